The first kappa shape index (κ1) is 14.8. The van der Waals surface area contributed by atoms with Crippen molar-refractivity contribution in [2.75, 3.05) is 6.61 Å². The van der Waals surface area contributed by atoms with Gasteiger partial charge in [0.25, 0.3) is 5.09 Å². The number of carbonyl (C=O) groups excluding carboxylic acids is 1. The summed E-state index contributed by atoms with van der Waals surface area (Å²) in [5.74, 6) is -0.503. The van der Waals surface area contributed by atoms with Crippen LogP contribution in [0.15, 0.2) is 6.07 Å². The zero-order valence-electron chi connectivity index (χ0n) is 12.6. The predicted molar refractivity (Wildman–Crippen MR) is 74.7 cm³/mol. The highest BCUT2D eigenvalue weighted by molar-refractivity contribution is 5.97. The van der Waals surface area contributed by atoms with Gasteiger partial charge in [-0.05, 0) is 35.4 Å². The lowest BCUT2D eigenvalue weighted by Gasteiger charge is -2.22. The summed E-state index contributed by atoms with van der Waals surface area (Å²) in [5, 5.41) is 19.9. The van der Waals surface area contributed by atoms with Crippen LogP contribution < -0.4 is 0 Å². The third-order valence-electron chi connectivity index (χ3n) is 4.49. The fourth-order valence-electron chi connectivity index (χ4n) is 3.45. The molecule has 3 rings (SSSR count). The Bertz CT molecular complexity index is 681. The van der Waals surface area contributed by atoms with Gasteiger partial charge in [-0.1, -0.05) is 19.9 Å². The zero-order valence-corrected chi connectivity index (χ0v) is 12.6. The second-order valence-corrected chi connectivity index (χ2v) is 6.53. The first-order valence-corrected chi connectivity index (χ1v) is 7.05. The number of aryl methyl sites for hydroxylation is 1. The molecule has 1 aromatic rings. The van der Waals surface area contributed by atoms with E-state index in [1.807, 2.05) is 19.9 Å². The molecule has 7 nitrogen and oxygen atoms in total. The molecule has 0 saturated heterocycles. The number of esters is 1. The van der Waals surface area contributed by atoms with Gasteiger partial charge < -0.3 is 14.7 Å². The smallest absolute Gasteiger partial charge is 0.339 e. The van der Waals surface area contributed by atoms with E-state index in [-0.39, 0.29) is 12.0 Å². The molecule has 0 amide bonds. The van der Waals surface area contributed by atoms with Gasteiger partial charge in [0.2, 0.25) is 0 Å². The van der Waals surface area contributed by atoms with E-state index in [2.05, 4.69) is 4.84 Å². The molecule has 0 bridgehead atoms. The van der Waals surface area contributed by atoms with Gasteiger partial charge in [0.1, 0.15) is 6.61 Å². The monoisotopic (exact) mass is 307 g/mol. The minimum atomic E-state index is -0.901. The summed E-state index contributed by atoms with van der Waals surface area (Å²) in [5.41, 5.74) is 3.01. The lowest BCUT2D eigenvalue weighted by Crippen LogP contribution is -2.17. The molecule has 1 heterocycles. The van der Waals surface area contributed by atoms with Crippen LogP contribution in [0.2, 0.25) is 0 Å². The molecule has 0 unspecified atom stereocenters. The number of aliphatic hydroxyl groups is 1. The number of fused-ring (bicyclic) bond motifs is 3. The Hall–Kier alpha value is -2.15. The molecule has 1 aliphatic heterocycles. The molecule has 0 aromatic heterocycles. The maximum Gasteiger partial charge on any atom is 0.339 e. The zero-order chi connectivity index (χ0) is 16.2. The Balaban J connectivity index is 2.08. The van der Waals surface area contributed by atoms with Crippen molar-refractivity contribution in [1.82, 2.24) is 0 Å². The molecule has 1 N–H and O–H groups in total. The second-order valence-electron chi connectivity index (χ2n) is 6.53. The first-order chi connectivity index (χ1) is 10.2. The summed E-state index contributed by atoms with van der Waals surface area (Å²) in [6.07, 6.45) is -0.864. The maximum absolute atomic E-state index is 12.2. The molecule has 22 heavy (non-hydrogen) atoms. The molecular weight excluding hydrogens is 290 g/mol. The molecule has 1 aliphatic carbocycles. The summed E-state index contributed by atoms with van der Waals surface area (Å²) >= 11 is 0. The fourth-order valence-corrected chi connectivity index (χ4v) is 3.45. The number of hydrogen-bond donors (Lipinski definition) is 1. The number of ether oxygens (including phenoxy) is 1. The van der Waals surface area contributed by atoms with Crippen LogP contribution >= 0.6 is 0 Å². The van der Waals surface area contributed by atoms with Crippen molar-refractivity contribution < 1.29 is 24.6 Å². The highest BCUT2D eigenvalue weighted by atomic mass is 17.0. The number of nitrogens with zero attached hydrogens (tertiary/aromatic N) is 1. The molecule has 0 fully saturated rings. The van der Waals surface area contributed by atoms with Gasteiger partial charge in [0.15, 0.2) is 6.10 Å². The average molecular weight is 307 g/mol. The summed E-state index contributed by atoms with van der Waals surface area (Å²) in [7, 11) is 0. The van der Waals surface area contributed by atoms with E-state index in [0.29, 0.717) is 17.5 Å². The van der Waals surface area contributed by atoms with Gasteiger partial charge >= 0.3 is 5.97 Å². The Morgan fingerprint density at radius 3 is 2.86 bits per heavy atom. The SMILES string of the molecule is Cc1cc2c(c3c1[C@H](CO[N+](=O)[O-])OC3=O)CC(C)(C)[C@@H]2O. The van der Waals surface area contributed by atoms with Crippen molar-refractivity contribution in [3.8, 4) is 0 Å². The van der Waals surface area contributed by atoms with Crippen LogP contribution in [0, 0.1) is 22.5 Å². The first-order valence-electron chi connectivity index (χ1n) is 7.05. The van der Waals surface area contributed by atoms with Crippen molar-refractivity contribution >= 4 is 5.97 Å². The summed E-state index contributed by atoms with van der Waals surface area (Å²) in [6.45, 7) is 5.36. The number of carbonyl (C=O) groups is 1. The van der Waals surface area contributed by atoms with E-state index in [1.165, 1.54) is 0 Å². The molecule has 7 heteroatoms. The highest BCUT2D eigenvalue weighted by Gasteiger charge is 2.45. The summed E-state index contributed by atoms with van der Waals surface area (Å²) in [4.78, 5) is 26.9. The standard InChI is InChI=1S/C15H17NO6/c1-7-4-8-9(5-15(2,3)13(8)17)12-11(7)10(22-14(12)18)6-21-16(19)20/h4,10,13,17H,5-6H2,1-3H3/t10-,13+/m0/s1. The number of benzene rings is 1. The van der Waals surface area contributed by atoms with Gasteiger partial charge in [0.05, 0.1) is 11.7 Å². The van der Waals surface area contributed by atoms with Crippen molar-refractivity contribution in [2.45, 2.75) is 39.4 Å². The predicted octanol–water partition coefficient (Wildman–Crippen LogP) is 2.03. The van der Waals surface area contributed by atoms with Gasteiger partial charge in [-0.2, -0.15) is 0 Å². The summed E-state index contributed by atoms with van der Waals surface area (Å²) < 4.78 is 5.24. The molecular formula is C15H17NO6. The van der Waals surface area contributed by atoms with Crippen molar-refractivity contribution in [1.29, 1.82) is 0 Å². The van der Waals surface area contributed by atoms with E-state index in [1.54, 1.807) is 6.92 Å². The number of aliphatic hydroxyl groups excluding tert-OH is 1. The second kappa shape index (κ2) is 4.67. The van der Waals surface area contributed by atoms with E-state index in [0.717, 1.165) is 16.7 Å². The molecule has 0 spiro atoms. The van der Waals surface area contributed by atoms with Crippen molar-refractivity contribution in [3.63, 3.8) is 0 Å². The maximum atomic E-state index is 12.2. The van der Waals surface area contributed by atoms with Crippen LogP contribution in [-0.4, -0.2) is 22.8 Å². The number of rotatable bonds is 3. The van der Waals surface area contributed by atoms with Crippen LogP contribution in [-0.2, 0) is 16.0 Å². The minimum Gasteiger partial charge on any atom is -0.452 e. The quantitative estimate of drug-likeness (QED) is 0.521. The molecule has 1 aromatic carbocycles. The molecule has 2 atom stereocenters. The van der Waals surface area contributed by atoms with E-state index >= 15 is 0 Å². The molecule has 118 valence electrons. The Kier molecular flexibility index (Phi) is 3.14. The van der Waals surface area contributed by atoms with E-state index in [4.69, 9.17) is 4.74 Å². The number of hydrogen-bond acceptors (Lipinski definition) is 6. The fraction of sp³-hybridized carbons (Fsp3) is 0.533. The summed E-state index contributed by atoms with van der Waals surface area (Å²) in [6, 6.07) is 1.84. The minimum absolute atomic E-state index is 0.322. The van der Waals surface area contributed by atoms with Crippen LogP contribution in [0.4, 0.5) is 0 Å². The number of cyclic esters (lactones) is 1. The van der Waals surface area contributed by atoms with Gasteiger partial charge in [0, 0.05) is 5.56 Å². The molecule has 0 saturated carbocycles. The Labute approximate surface area is 126 Å². The largest absolute Gasteiger partial charge is 0.452 e. The lowest BCUT2D eigenvalue weighted by atomic mass is 9.87. The average Bonchev–Trinajstić information content (AvgIpc) is 2.86. The van der Waals surface area contributed by atoms with Crippen LogP contribution in [0.3, 0.4) is 0 Å². The van der Waals surface area contributed by atoms with Crippen LogP contribution in [0.5, 0.6) is 0 Å². The van der Waals surface area contributed by atoms with Crippen molar-refractivity contribution in [2.24, 2.45) is 5.41 Å². The Morgan fingerprint density at radius 1 is 1.55 bits per heavy atom. The van der Waals surface area contributed by atoms with Crippen LogP contribution in [0.25, 0.3) is 0 Å². The van der Waals surface area contributed by atoms with Crippen LogP contribution in [0.1, 0.15) is 58.7 Å². The van der Waals surface area contributed by atoms with Gasteiger partial charge in [-0.15, -0.1) is 10.1 Å². The highest BCUT2D eigenvalue weighted by Crippen LogP contribution is 2.50. The molecule has 2 aliphatic rings. The van der Waals surface area contributed by atoms with Gasteiger partial charge in [-0.3, -0.25) is 0 Å². The molecule has 0 radical (unpaired) electrons. The Morgan fingerprint density at radius 2 is 2.23 bits per heavy atom. The van der Waals surface area contributed by atoms with Gasteiger partial charge in [-0.25, -0.2) is 4.79 Å². The van der Waals surface area contributed by atoms with Crippen molar-refractivity contribution in [3.05, 3.63) is 44.0 Å². The topological polar surface area (TPSA) is 98.9 Å². The normalized spacial score (nSPS) is 24.6. The van der Waals surface area contributed by atoms with E-state index in [9.17, 15) is 20.0 Å². The third kappa shape index (κ3) is 2.04. The third-order valence-corrected chi connectivity index (χ3v) is 4.49. The lowest BCUT2D eigenvalue weighted by molar-refractivity contribution is -0.759. The van der Waals surface area contributed by atoms with E-state index < -0.39 is 23.3 Å².